The number of fused-ring (bicyclic) bond motifs is 1. The fourth-order valence-corrected chi connectivity index (χ4v) is 3.07. The first-order valence-corrected chi connectivity index (χ1v) is 8.21. The van der Waals surface area contributed by atoms with Crippen molar-refractivity contribution in [3.63, 3.8) is 0 Å². The van der Waals surface area contributed by atoms with Gasteiger partial charge < -0.3 is 20.5 Å². The molecule has 0 unspecified atom stereocenters. The number of rotatable bonds is 6. The number of methoxy groups -OCH3 is 1. The van der Waals surface area contributed by atoms with Crippen LogP contribution in [0.25, 0.3) is 10.8 Å². The minimum absolute atomic E-state index is 0.119. The van der Waals surface area contributed by atoms with Crippen LogP contribution in [0.4, 0.5) is 4.39 Å². The first-order valence-electron chi connectivity index (χ1n) is 8.21. The van der Waals surface area contributed by atoms with E-state index in [0.717, 1.165) is 5.39 Å². The van der Waals surface area contributed by atoms with Gasteiger partial charge in [0.15, 0.2) is 5.67 Å². The number of hydrogen-bond donors (Lipinski definition) is 2. The monoisotopic (exact) mass is 361 g/mol. The van der Waals surface area contributed by atoms with Crippen LogP contribution in [-0.4, -0.2) is 42.2 Å². The van der Waals surface area contributed by atoms with Crippen LogP contribution >= 0.6 is 0 Å². The average Bonchev–Trinajstić information content (AvgIpc) is 2.85. The fraction of sp³-hybridized carbons (Fsp3) is 0.389. The molecule has 0 radical (unpaired) electrons. The molecule has 138 valence electrons. The number of nitrogens with one attached hydrogen (secondary N) is 1. The maximum atomic E-state index is 13.9. The van der Waals surface area contributed by atoms with E-state index in [-0.39, 0.29) is 24.6 Å². The average molecular weight is 361 g/mol. The Hall–Kier alpha value is -2.90. The summed E-state index contributed by atoms with van der Waals surface area (Å²) in [6.07, 6.45) is 2.14. The quantitative estimate of drug-likeness (QED) is 0.815. The highest BCUT2D eigenvalue weighted by Gasteiger charge is 2.42. The zero-order valence-electron chi connectivity index (χ0n) is 14.5. The van der Waals surface area contributed by atoms with Gasteiger partial charge in [-0.15, -0.1) is 0 Å². The third-order valence-electron chi connectivity index (χ3n) is 4.46. The lowest BCUT2D eigenvalue weighted by atomic mass is 10.0. The van der Waals surface area contributed by atoms with E-state index in [0.29, 0.717) is 23.4 Å². The molecule has 0 aliphatic carbocycles. The van der Waals surface area contributed by atoms with Crippen molar-refractivity contribution in [1.29, 1.82) is 0 Å². The Morgan fingerprint density at radius 2 is 2.27 bits per heavy atom. The number of pyridine rings is 1. The topological polar surface area (TPSA) is 104 Å². The number of aromatic nitrogens is 1. The Morgan fingerprint density at radius 1 is 1.50 bits per heavy atom. The molecule has 1 aliphatic heterocycles. The predicted octanol–water partition coefficient (Wildman–Crippen LogP) is 1.73. The lowest BCUT2D eigenvalue weighted by Crippen LogP contribution is -2.31. The zero-order chi connectivity index (χ0) is 18.9. The summed E-state index contributed by atoms with van der Waals surface area (Å²) in [5.74, 6) is -0.480. The van der Waals surface area contributed by atoms with Gasteiger partial charge in [0.25, 0.3) is 11.8 Å². The van der Waals surface area contributed by atoms with E-state index in [9.17, 15) is 14.0 Å². The molecule has 7 nitrogen and oxygen atoms in total. The molecule has 2 aromatic rings. The Balaban J connectivity index is 1.76. The molecular formula is C18H20FN3O4. The summed E-state index contributed by atoms with van der Waals surface area (Å²) in [6, 6.07) is 4.73. The van der Waals surface area contributed by atoms with Gasteiger partial charge in [-0.2, -0.15) is 0 Å². The molecule has 26 heavy (non-hydrogen) atoms. The normalized spacial score (nSPS) is 22.3. The Bertz CT molecular complexity index is 869. The highest BCUT2D eigenvalue weighted by molar-refractivity contribution is 6.01. The molecule has 1 aromatic carbocycles. The Labute approximate surface area is 149 Å². The van der Waals surface area contributed by atoms with Crippen LogP contribution in [0.1, 0.15) is 30.1 Å². The van der Waals surface area contributed by atoms with Gasteiger partial charge in [-0.3, -0.25) is 9.59 Å². The summed E-state index contributed by atoms with van der Waals surface area (Å²) in [5, 5.41) is 4.02. The second kappa shape index (κ2) is 6.78. The maximum Gasteiger partial charge on any atom is 0.257 e. The summed E-state index contributed by atoms with van der Waals surface area (Å²) in [7, 11) is 1.45. The molecular weight excluding hydrogens is 341 g/mol. The van der Waals surface area contributed by atoms with E-state index in [4.69, 9.17) is 15.2 Å². The summed E-state index contributed by atoms with van der Waals surface area (Å²) >= 11 is 0. The van der Waals surface area contributed by atoms with Gasteiger partial charge in [0, 0.05) is 30.5 Å². The summed E-state index contributed by atoms with van der Waals surface area (Å²) < 4.78 is 24.8. The van der Waals surface area contributed by atoms with Crippen molar-refractivity contribution in [3.05, 3.63) is 30.0 Å². The number of halogens is 1. The minimum Gasteiger partial charge on any atom is -0.496 e. The molecule has 2 amide bonds. The number of benzene rings is 1. The van der Waals surface area contributed by atoms with Gasteiger partial charge in [0.05, 0.1) is 19.3 Å². The molecule has 1 saturated heterocycles. The number of alkyl halides is 1. The van der Waals surface area contributed by atoms with Crippen LogP contribution in [0.2, 0.25) is 0 Å². The lowest BCUT2D eigenvalue weighted by Gasteiger charge is -2.13. The SMILES string of the molecule is COc1cc2c(OCC[C@@H]3C[C@](C)(F)C(=O)N3)nccc2cc1C(N)=O. The number of carbonyl (C=O) groups is 2. The minimum atomic E-state index is -1.83. The number of ether oxygens (including phenoxy) is 2. The summed E-state index contributed by atoms with van der Waals surface area (Å²) in [6.45, 7) is 1.53. The standard InChI is InChI=1S/C18H20FN3O4/c1-18(19)9-11(22-17(18)24)4-6-26-16-12-8-14(25-2)13(15(20)23)7-10(12)3-5-21-16/h3,5,7-8,11H,4,6,9H2,1-2H3,(H2,20,23)(H,22,24)/t11-,18+/m1/s1. The molecule has 1 aliphatic rings. The molecule has 0 saturated carbocycles. The van der Waals surface area contributed by atoms with Crippen molar-refractivity contribution in [2.75, 3.05) is 13.7 Å². The molecule has 0 bridgehead atoms. The van der Waals surface area contributed by atoms with E-state index >= 15 is 0 Å². The molecule has 3 rings (SSSR count). The van der Waals surface area contributed by atoms with Gasteiger partial charge >= 0.3 is 0 Å². The van der Waals surface area contributed by atoms with Gasteiger partial charge in [-0.1, -0.05) is 0 Å². The van der Waals surface area contributed by atoms with Crippen molar-refractivity contribution in [2.24, 2.45) is 5.73 Å². The van der Waals surface area contributed by atoms with Crippen LogP contribution in [0.3, 0.4) is 0 Å². The molecule has 2 heterocycles. The molecule has 0 spiro atoms. The number of carbonyl (C=O) groups excluding carboxylic acids is 2. The second-order valence-corrected chi connectivity index (χ2v) is 6.46. The first-order chi connectivity index (χ1) is 12.3. The van der Waals surface area contributed by atoms with Crippen molar-refractivity contribution in [3.8, 4) is 11.6 Å². The van der Waals surface area contributed by atoms with Crippen LogP contribution in [0.5, 0.6) is 11.6 Å². The molecule has 1 fully saturated rings. The molecule has 2 atom stereocenters. The van der Waals surface area contributed by atoms with Crippen molar-refractivity contribution in [2.45, 2.75) is 31.5 Å². The number of nitrogens with zero attached hydrogens (tertiary/aromatic N) is 1. The Kier molecular flexibility index (Phi) is 4.67. The van der Waals surface area contributed by atoms with E-state index in [1.807, 2.05) is 0 Å². The van der Waals surface area contributed by atoms with Crippen molar-refractivity contribution in [1.82, 2.24) is 10.3 Å². The first kappa shape index (κ1) is 17.9. The van der Waals surface area contributed by atoms with Crippen LogP contribution < -0.4 is 20.5 Å². The smallest absolute Gasteiger partial charge is 0.257 e. The van der Waals surface area contributed by atoms with Crippen molar-refractivity contribution >= 4 is 22.6 Å². The maximum absolute atomic E-state index is 13.9. The molecule has 1 aromatic heterocycles. The Morgan fingerprint density at radius 3 is 2.88 bits per heavy atom. The highest BCUT2D eigenvalue weighted by atomic mass is 19.1. The van der Waals surface area contributed by atoms with Crippen LogP contribution in [-0.2, 0) is 4.79 Å². The third-order valence-corrected chi connectivity index (χ3v) is 4.46. The summed E-state index contributed by atoms with van der Waals surface area (Å²) in [5.41, 5.74) is 3.81. The third kappa shape index (κ3) is 3.40. The van der Waals surface area contributed by atoms with E-state index < -0.39 is 17.5 Å². The second-order valence-electron chi connectivity index (χ2n) is 6.46. The van der Waals surface area contributed by atoms with Gasteiger partial charge in [0.2, 0.25) is 5.88 Å². The van der Waals surface area contributed by atoms with E-state index in [1.54, 1.807) is 24.4 Å². The zero-order valence-corrected chi connectivity index (χ0v) is 14.5. The van der Waals surface area contributed by atoms with E-state index in [2.05, 4.69) is 10.3 Å². The number of nitrogens with two attached hydrogens (primary N) is 1. The van der Waals surface area contributed by atoms with Gasteiger partial charge in [0.1, 0.15) is 5.75 Å². The van der Waals surface area contributed by atoms with Gasteiger partial charge in [-0.25, -0.2) is 9.37 Å². The highest BCUT2D eigenvalue weighted by Crippen LogP contribution is 2.31. The van der Waals surface area contributed by atoms with E-state index in [1.165, 1.54) is 14.0 Å². The van der Waals surface area contributed by atoms with Crippen molar-refractivity contribution < 1.29 is 23.5 Å². The van der Waals surface area contributed by atoms with Crippen LogP contribution in [0.15, 0.2) is 24.4 Å². The van der Waals surface area contributed by atoms with Gasteiger partial charge in [-0.05, 0) is 30.5 Å². The molecule has 8 heteroatoms. The largest absolute Gasteiger partial charge is 0.496 e. The molecule has 3 N–H and O–H groups in total. The van der Waals surface area contributed by atoms with Crippen LogP contribution in [0, 0.1) is 0 Å². The lowest BCUT2D eigenvalue weighted by molar-refractivity contribution is -0.128. The summed E-state index contributed by atoms with van der Waals surface area (Å²) in [4.78, 5) is 27.2. The fourth-order valence-electron chi connectivity index (χ4n) is 3.07. The number of amides is 2. The number of primary amides is 1. The predicted molar refractivity (Wildman–Crippen MR) is 93.0 cm³/mol. The number of hydrogen-bond acceptors (Lipinski definition) is 5.